The number of nitrogens with one attached hydrogen (secondary N) is 1. The van der Waals surface area contributed by atoms with Crippen molar-refractivity contribution in [3.05, 3.63) is 22.8 Å². The SMILES string of the molecule is CCNCc1c(C)nc(C2(C)CC2)nc1C. The van der Waals surface area contributed by atoms with Gasteiger partial charge in [0, 0.05) is 28.9 Å². The molecule has 0 bridgehead atoms. The standard InChI is InChI=1S/C13H21N3/c1-5-14-8-11-9(2)15-12(16-10(11)3)13(4)6-7-13/h14H,5-8H2,1-4H3. The number of rotatable bonds is 4. The molecule has 88 valence electrons. The first-order chi connectivity index (χ1) is 7.57. The minimum absolute atomic E-state index is 0.270. The van der Waals surface area contributed by atoms with E-state index in [0.29, 0.717) is 0 Å². The van der Waals surface area contributed by atoms with Crippen molar-refractivity contribution >= 4 is 0 Å². The summed E-state index contributed by atoms with van der Waals surface area (Å²) < 4.78 is 0. The Morgan fingerprint density at radius 1 is 1.19 bits per heavy atom. The lowest BCUT2D eigenvalue weighted by molar-refractivity contribution is 0.669. The van der Waals surface area contributed by atoms with Gasteiger partial charge in [-0.05, 0) is 33.2 Å². The molecule has 3 nitrogen and oxygen atoms in total. The first-order valence-corrected chi connectivity index (χ1v) is 6.12. The van der Waals surface area contributed by atoms with E-state index >= 15 is 0 Å². The molecule has 1 aliphatic rings. The molecule has 1 aliphatic carbocycles. The summed E-state index contributed by atoms with van der Waals surface area (Å²) in [5.41, 5.74) is 3.80. The lowest BCUT2D eigenvalue weighted by Gasteiger charge is -2.14. The van der Waals surface area contributed by atoms with Gasteiger partial charge in [0.15, 0.2) is 0 Å². The third-order valence-electron chi connectivity index (χ3n) is 3.51. The van der Waals surface area contributed by atoms with Gasteiger partial charge in [0.1, 0.15) is 5.82 Å². The van der Waals surface area contributed by atoms with Gasteiger partial charge >= 0.3 is 0 Å². The summed E-state index contributed by atoms with van der Waals surface area (Å²) in [5.74, 6) is 1.04. The summed E-state index contributed by atoms with van der Waals surface area (Å²) in [6.07, 6.45) is 2.47. The second kappa shape index (κ2) is 4.13. The van der Waals surface area contributed by atoms with Crippen LogP contribution in [-0.4, -0.2) is 16.5 Å². The van der Waals surface area contributed by atoms with Gasteiger partial charge in [0.05, 0.1) is 0 Å². The monoisotopic (exact) mass is 219 g/mol. The van der Waals surface area contributed by atoms with Crippen LogP contribution in [0.4, 0.5) is 0 Å². The van der Waals surface area contributed by atoms with Crippen LogP contribution in [0.5, 0.6) is 0 Å². The Morgan fingerprint density at radius 2 is 1.75 bits per heavy atom. The van der Waals surface area contributed by atoms with E-state index in [1.165, 1.54) is 18.4 Å². The van der Waals surface area contributed by atoms with Crippen molar-refractivity contribution in [2.24, 2.45) is 0 Å². The van der Waals surface area contributed by atoms with Gasteiger partial charge in [-0.25, -0.2) is 9.97 Å². The molecule has 0 unspecified atom stereocenters. The quantitative estimate of drug-likeness (QED) is 0.844. The number of hydrogen-bond acceptors (Lipinski definition) is 3. The Balaban J connectivity index is 2.28. The van der Waals surface area contributed by atoms with Gasteiger partial charge in [-0.2, -0.15) is 0 Å². The van der Waals surface area contributed by atoms with Crippen LogP contribution in [0.2, 0.25) is 0 Å². The molecule has 1 heterocycles. The molecule has 1 N–H and O–H groups in total. The van der Waals surface area contributed by atoms with E-state index in [9.17, 15) is 0 Å². The fraction of sp³-hybridized carbons (Fsp3) is 0.692. The first kappa shape index (κ1) is 11.5. The van der Waals surface area contributed by atoms with Crippen molar-refractivity contribution in [2.45, 2.75) is 52.5 Å². The second-order valence-corrected chi connectivity index (χ2v) is 5.04. The first-order valence-electron chi connectivity index (χ1n) is 6.12. The molecular weight excluding hydrogens is 198 g/mol. The zero-order valence-corrected chi connectivity index (χ0v) is 10.7. The zero-order chi connectivity index (χ0) is 11.8. The van der Waals surface area contributed by atoms with E-state index in [2.05, 4.69) is 43.0 Å². The summed E-state index contributed by atoms with van der Waals surface area (Å²) in [4.78, 5) is 9.34. The van der Waals surface area contributed by atoms with Gasteiger partial charge in [-0.1, -0.05) is 13.8 Å². The molecule has 16 heavy (non-hydrogen) atoms. The number of nitrogens with zero attached hydrogens (tertiary/aromatic N) is 2. The van der Waals surface area contributed by atoms with E-state index in [0.717, 1.165) is 30.3 Å². The molecule has 0 aliphatic heterocycles. The van der Waals surface area contributed by atoms with Crippen LogP contribution in [0.15, 0.2) is 0 Å². The molecule has 0 aromatic carbocycles. The average molecular weight is 219 g/mol. The Labute approximate surface area is 97.7 Å². The third-order valence-corrected chi connectivity index (χ3v) is 3.51. The van der Waals surface area contributed by atoms with Crippen LogP contribution in [0.25, 0.3) is 0 Å². The van der Waals surface area contributed by atoms with Crippen molar-refractivity contribution in [1.29, 1.82) is 0 Å². The van der Waals surface area contributed by atoms with Crippen molar-refractivity contribution in [3.8, 4) is 0 Å². The largest absolute Gasteiger partial charge is 0.313 e. The Morgan fingerprint density at radius 3 is 2.19 bits per heavy atom. The molecule has 1 saturated carbocycles. The summed E-state index contributed by atoms with van der Waals surface area (Å²) in [6.45, 7) is 10.4. The van der Waals surface area contributed by atoms with Gasteiger partial charge < -0.3 is 5.32 Å². The molecule has 2 rings (SSSR count). The highest BCUT2D eigenvalue weighted by Crippen LogP contribution is 2.46. The van der Waals surface area contributed by atoms with Crippen LogP contribution in [-0.2, 0) is 12.0 Å². The number of hydrogen-bond donors (Lipinski definition) is 1. The van der Waals surface area contributed by atoms with E-state index in [1.54, 1.807) is 0 Å². The maximum absolute atomic E-state index is 4.67. The zero-order valence-electron chi connectivity index (χ0n) is 10.7. The van der Waals surface area contributed by atoms with Crippen LogP contribution in [0, 0.1) is 13.8 Å². The van der Waals surface area contributed by atoms with Crippen molar-refractivity contribution in [3.63, 3.8) is 0 Å². The molecular formula is C13H21N3. The minimum atomic E-state index is 0.270. The molecule has 1 aromatic rings. The summed E-state index contributed by atoms with van der Waals surface area (Å²) in [6, 6.07) is 0. The molecule has 0 spiro atoms. The molecule has 0 amide bonds. The van der Waals surface area contributed by atoms with Crippen molar-refractivity contribution in [2.75, 3.05) is 6.54 Å². The molecule has 0 atom stereocenters. The Kier molecular flexibility index (Phi) is 2.98. The predicted octanol–water partition coefficient (Wildman–Crippen LogP) is 2.25. The van der Waals surface area contributed by atoms with Crippen molar-refractivity contribution in [1.82, 2.24) is 15.3 Å². The van der Waals surface area contributed by atoms with Crippen LogP contribution >= 0.6 is 0 Å². The molecule has 0 saturated heterocycles. The Bertz CT molecular complexity index is 371. The molecule has 0 radical (unpaired) electrons. The number of aryl methyl sites for hydroxylation is 2. The van der Waals surface area contributed by atoms with Crippen LogP contribution in [0.1, 0.15) is 49.5 Å². The van der Waals surface area contributed by atoms with Gasteiger partial charge in [-0.3, -0.25) is 0 Å². The molecule has 1 aromatic heterocycles. The van der Waals surface area contributed by atoms with Gasteiger partial charge in [0.2, 0.25) is 0 Å². The number of aromatic nitrogens is 2. The lowest BCUT2D eigenvalue weighted by Crippen LogP contribution is -2.18. The lowest BCUT2D eigenvalue weighted by atomic mass is 10.1. The van der Waals surface area contributed by atoms with Crippen LogP contribution < -0.4 is 5.32 Å². The third kappa shape index (κ3) is 2.09. The van der Waals surface area contributed by atoms with Crippen molar-refractivity contribution < 1.29 is 0 Å². The highest BCUT2D eigenvalue weighted by Gasteiger charge is 2.42. The fourth-order valence-corrected chi connectivity index (χ4v) is 1.93. The van der Waals surface area contributed by atoms with Crippen LogP contribution in [0.3, 0.4) is 0 Å². The summed E-state index contributed by atoms with van der Waals surface area (Å²) >= 11 is 0. The highest BCUT2D eigenvalue weighted by molar-refractivity contribution is 5.28. The minimum Gasteiger partial charge on any atom is -0.313 e. The molecule has 3 heteroatoms. The topological polar surface area (TPSA) is 37.8 Å². The predicted molar refractivity (Wildman–Crippen MR) is 65.5 cm³/mol. The normalized spacial score (nSPS) is 17.5. The maximum atomic E-state index is 4.67. The highest BCUT2D eigenvalue weighted by atomic mass is 14.9. The van der Waals surface area contributed by atoms with E-state index in [-0.39, 0.29) is 5.41 Å². The van der Waals surface area contributed by atoms with E-state index in [4.69, 9.17) is 0 Å². The molecule has 1 fully saturated rings. The van der Waals surface area contributed by atoms with Gasteiger partial charge in [-0.15, -0.1) is 0 Å². The summed E-state index contributed by atoms with van der Waals surface area (Å²) in [5, 5.41) is 3.34. The average Bonchev–Trinajstić information content (AvgIpc) is 2.96. The van der Waals surface area contributed by atoms with Gasteiger partial charge in [0.25, 0.3) is 0 Å². The second-order valence-electron chi connectivity index (χ2n) is 5.04. The van der Waals surface area contributed by atoms with E-state index < -0.39 is 0 Å². The fourth-order valence-electron chi connectivity index (χ4n) is 1.93. The maximum Gasteiger partial charge on any atom is 0.134 e. The Hall–Kier alpha value is -0.960. The smallest absolute Gasteiger partial charge is 0.134 e. The summed E-state index contributed by atoms with van der Waals surface area (Å²) in [7, 11) is 0. The van der Waals surface area contributed by atoms with E-state index in [1.807, 2.05) is 0 Å².